The predicted octanol–water partition coefficient (Wildman–Crippen LogP) is 4.32. The van der Waals surface area contributed by atoms with Gasteiger partial charge in [0.2, 0.25) is 10.1 Å². The van der Waals surface area contributed by atoms with E-state index >= 15 is 0 Å². The van der Waals surface area contributed by atoms with Gasteiger partial charge in [0.15, 0.2) is 0 Å². The Morgan fingerprint density at radius 2 is 2.00 bits per heavy atom. The van der Waals surface area contributed by atoms with E-state index in [2.05, 4.69) is 20.5 Å². The van der Waals surface area contributed by atoms with Gasteiger partial charge in [0.1, 0.15) is 6.54 Å². The third-order valence-electron chi connectivity index (χ3n) is 3.39. The number of aromatic nitrogens is 5. The Kier molecular flexibility index (Phi) is 4.10. The molecule has 0 atom stereocenters. The molecule has 0 spiro atoms. The van der Waals surface area contributed by atoms with Crippen molar-refractivity contribution in [1.82, 2.24) is 24.4 Å². The van der Waals surface area contributed by atoms with Gasteiger partial charge < -0.3 is 5.32 Å². The molecule has 3 heterocycles. The number of nitrogens with zero attached hydrogens (tertiary/aromatic N) is 5. The number of nitrogens with one attached hydrogen (secondary N) is 1. The highest BCUT2D eigenvalue weighted by Gasteiger charge is 2.11. The van der Waals surface area contributed by atoms with Gasteiger partial charge in [-0.3, -0.25) is 4.68 Å². The Morgan fingerprint density at radius 1 is 1.20 bits per heavy atom. The fraction of sp³-hybridized carbons (Fsp3) is 0.133. The molecule has 4 aromatic rings. The van der Waals surface area contributed by atoms with Crippen LogP contribution >= 0.6 is 22.9 Å². The summed E-state index contributed by atoms with van der Waals surface area (Å²) in [6, 6.07) is 7.40. The van der Waals surface area contributed by atoms with Crippen LogP contribution in [0.25, 0.3) is 16.2 Å². The molecule has 0 unspecified atom stereocenters. The fourth-order valence-corrected chi connectivity index (χ4v) is 3.23. The van der Waals surface area contributed by atoms with E-state index in [1.807, 2.05) is 30.5 Å². The van der Waals surface area contributed by atoms with Crippen molar-refractivity contribution in [2.45, 2.75) is 13.0 Å². The summed E-state index contributed by atoms with van der Waals surface area (Å²) in [5.74, 6) is 0. The Labute approximate surface area is 149 Å². The monoisotopic (exact) mass is 380 g/mol. The quantitative estimate of drug-likeness (QED) is 0.560. The van der Waals surface area contributed by atoms with Crippen molar-refractivity contribution in [1.29, 1.82) is 0 Å². The molecule has 0 saturated heterocycles. The minimum absolute atomic E-state index is 0.437. The second kappa shape index (κ2) is 6.41. The number of hydrogen-bond donors (Lipinski definition) is 1. The van der Waals surface area contributed by atoms with Crippen molar-refractivity contribution in [3.8, 4) is 11.3 Å². The van der Waals surface area contributed by atoms with Crippen LogP contribution in [0.5, 0.6) is 0 Å². The van der Waals surface area contributed by atoms with E-state index in [0.717, 1.165) is 11.3 Å². The summed E-state index contributed by atoms with van der Waals surface area (Å²) < 4.78 is 27.5. The van der Waals surface area contributed by atoms with Crippen LogP contribution in [0.2, 0.25) is 5.02 Å². The molecule has 6 nitrogen and oxygen atoms in total. The van der Waals surface area contributed by atoms with Crippen molar-refractivity contribution in [2.24, 2.45) is 0 Å². The first kappa shape index (κ1) is 16.0. The summed E-state index contributed by atoms with van der Waals surface area (Å²) in [7, 11) is 0. The summed E-state index contributed by atoms with van der Waals surface area (Å²) in [6.45, 7) is -0.437. The largest absolute Gasteiger partial charge is 0.327 e. The topological polar surface area (TPSA) is 60.0 Å². The zero-order valence-electron chi connectivity index (χ0n) is 12.6. The molecule has 0 aliphatic carbocycles. The SMILES string of the molecule is FC(F)Cn1cc(Nc2nn3cc(-c4ccc(Cl)cc4)nc3s2)cn1. The van der Waals surface area contributed by atoms with E-state index in [1.54, 1.807) is 4.52 Å². The maximum atomic E-state index is 12.3. The maximum Gasteiger partial charge on any atom is 0.257 e. The summed E-state index contributed by atoms with van der Waals surface area (Å²) in [5.41, 5.74) is 2.34. The van der Waals surface area contributed by atoms with Crippen LogP contribution in [0.3, 0.4) is 0 Å². The average molecular weight is 381 g/mol. The zero-order chi connectivity index (χ0) is 17.4. The molecule has 4 rings (SSSR count). The van der Waals surface area contributed by atoms with Crippen LogP contribution in [0, 0.1) is 0 Å². The predicted molar refractivity (Wildman–Crippen MR) is 92.8 cm³/mol. The van der Waals surface area contributed by atoms with Gasteiger partial charge in [-0.1, -0.05) is 35.1 Å². The van der Waals surface area contributed by atoms with Crippen molar-refractivity contribution in [2.75, 3.05) is 5.32 Å². The van der Waals surface area contributed by atoms with E-state index in [1.165, 1.54) is 28.4 Å². The Balaban J connectivity index is 1.53. The number of halogens is 3. The number of rotatable bonds is 5. The standard InChI is InChI=1S/C15H11ClF2N6S/c16-10-3-1-9(2-4-10)12-7-24-15(21-12)25-14(22-24)20-11-5-19-23(6-11)8-13(17)18/h1-7,13H,8H2,(H,20,22). The zero-order valence-corrected chi connectivity index (χ0v) is 14.2. The molecule has 1 aromatic carbocycles. The van der Waals surface area contributed by atoms with Gasteiger partial charge >= 0.3 is 0 Å². The number of anilines is 2. The van der Waals surface area contributed by atoms with Gasteiger partial charge in [0.25, 0.3) is 6.43 Å². The summed E-state index contributed by atoms with van der Waals surface area (Å²) in [6.07, 6.45) is 2.36. The first-order chi connectivity index (χ1) is 12.1. The number of hydrogen-bond acceptors (Lipinski definition) is 5. The Bertz CT molecular complexity index is 975. The number of fused-ring (bicyclic) bond motifs is 1. The van der Waals surface area contributed by atoms with Gasteiger partial charge in [0.05, 0.1) is 23.8 Å². The van der Waals surface area contributed by atoms with Crippen LogP contribution < -0.4 is 5.32 Å². The van der Waals surface area contributed by atoms with Crippen molar-refractivity contribution in [3.63, 3.8) is 0 Å². The third-order valence-corrected chi connectivity index (χ3v) is 4.48. The summed E-state index contributed by atoms with van der Waals surface area (Å²) in [4.78, 5) is 5.25. The molecule has 25 heavy (non-hydrogen) atoms. The molecular weight excluding hydrogens is 370 g/mol. The van der Waals surface area contributed by atoms with Crippen molar-refractivity contribution < 1.29 is 8.78 Å². The molecule has 0 bridgehead atoms. The molecule has 0 fully saturated rings. The van der Waals surface area contributed by atoms with Crippen LogP contribution in [0.15, 0.2) is 42.9 Å². The number of imidazole rings is 1. The van der Waals surface area contributed by atoms with Crippen molar-refractivity contribution in [3.05, 3.63) is 47.9 Å². The molecule has 128 valence electrons. The highest BCUT2D eigenvalue weighted by molar-refractivity contribution is 7.20. The Morgan fingerprint density at radius 3 is 2.72 bits per heavy atom. The van der Waals surface area contributed by atoms with Crippen LogP contribution in [0.4, 0.5) is 19.6 Å². The normalized spacial score (nSPS) is 11.5. The lowest BCUT2D eigenvalue weighted by Crippen LogP contribution is -2.06. The summed E-state index contributed by atoms with van der Waals surface area (Å²) >= 11 is 7.24. The van der Waals surface area contributed by atoms with E-state index in [0.29, 0.717) is 20.8 Å². The highest BCUT2D eigenvalue weighted by Crippen LogP contribution is 2.27. The molecule has 10 heteroatoms. The van der Waals surface area contributed by atoms with Gasteiger partial charge in [-0.05, 0) is 12.1 Å². The van der Waals surface area contributed by atoms with Gasteiger partial charge in [0, 0.05) is 16.8 Å². The molecule has 3 aromatic heterocycles. The average Bonchev–Trinajstić information content (AvgIpc) is 3.23. The molecule has 0 amide bonds. The van der Waals surface area contributed by atoms with Crippen molar-refractivity contribution >= 4 is 38.7 Å². The van der Waals surface area contributed by atoms with Crippen LogP contribution in [-0.2, 0) is 6.54 Å². The molecule has 0 saturated carbocycles. The van der Waals surface area contributed by atoms with Crippen LogP contribution in [0.1, 0.15) is 0 Å². The fourth-order valence-electron chi connectivity index (χ4n) is 2.30. The second-order valence-electron chi connectivity index (χ2n) is 5.23. The first-order valence-electron chi connectivity index (χ1n) is 7.26. The van der Waals surface area contributed by atoms with E-state index in [9.17, 15) is 8.78 Å². The van der Waals surface area contributed by atoms with Crippen LogP contribution in [-0.4, -0.2) is 30.8 Å². The summed E-state index contributed by atoms with van der Waals surface area (Å²) in [5, 5.41) is 12.6. The minimum atomic E-state index is -2.44. The van der Waals surface area contributed by atoms with E-state index < -0.39 is 13.0 Å². The number of alkyl halides is 2. The third kappa shape index (κ3) is 3.47. The molecule has 0 aliphatic heterocycles. The highest BCUT2D eigenvalue weighted by atomic mass is 35.5. The van der Waals surface area contributed by atoms with E-state index in [4.69, 9.17) is 11.6 Å². The first-order valence-corrected chi connectivity index (χ1v) is 8.46. The minimum Gasteiger partial charge on any atom is -0.327 e. The van der Waals surface area contributed by atoms with Gasteiger partial charge in [-0.2, -0.15) is 5.10 Å². The Hall–Kier alpha value is -2.52. The lowest BCUT2D eigenvalue weighted by atomic mass is 10.2. The molecule has 0 radical (unpaired) electrons. The lowest BCUT2D eigenvalue weighted by molar-refractivity contribution is 0.122. The number of benzene rings is 1. The molecular formula is C15H11ClF2N6S. The maximum absolute atomic E-state index is 12.3. The van der Waals surface area contributed by atoms with Gasteiger partial charge in [-0.15, -0.1) is 5.10 Å². The van der Waals surface area contributed by atoms with E-state index in [-0.39, 0.29) is 0 Å². The smallest absolute Gasteiger partial charge is 0.257 e. The molecule has 1 N–H and O–H groups in total. The molecule has 0 aliphatic rings. The second-order valence-corrected chi connectivity index (χ2v) is 6.63. The van der Waals surface area contributed by atoms with Gasteiger partial charge in [-0.25, -0.2) is 18.3 Å². The lowest BCUT2D eigenvalue weighted by Gasteiger charge is -1.98.